The predicted molar refractivity (Wildman–Crippen MR) is 82.5 cm³/mol. The van der Waals surface area contributed by atoms with Crippen LogP contribution in [0, 0.1) is 5.92 Å². The number of amides is 3. The van der Waals surface area contributed by atoms with Gasteiger partial charge in [0.25, 0.3) is 0 Å². The van der Waals surface area contributed by atoms with Crippen LogP contribution >= 0.6 is 0 Å². The van der Waals surface area contributed by atoms with Crippen molar-refractivity contribution in [2.75, 3.05) is 33.7 Å². The molecule has 22 heavy (non-hydrogen) atoms. The first kappa shape index (κ1) is 15.6. The molecule has 0 aromatic heterocycles. The second-order valence-corrected chi connectivity index (χ2v) is 7.18. The molecule has 2 aliphatic heterocycles. The number of carbonyl (C=O) groups is 2. The molecule has 0 aromatic rings. The normalized spacial score (nSPS) is 27.0. The minimum Gasteiger partial charge on any atom is -0.362 e. The molecule has 1 atom stereocenters. The van der Waals surface area contributed by atoms with Crippen LogP contribution < -0.4 is 5.32 Å². The number of urea groups is 1. The third-order valence-corrected chi connectivity index (χ3v) is 5.14. The fraction of sp³-hybridized carbons (Fsp3) is 0.875. The molecule has 3 aliphatic rings. The molecule has 2 heterocycles. The lowest BCUT2D eigenvalue weighted by Gasteiger charge is -2.39. The van der Waals surface area contributed by atoms with Crippen molar-refractivity contribution in [1.29, 1.82) is 0 Å². The highest BCUT2D eigenvalue weighted by atomic mass is 16.5. The second kappa shape index (κ2) is 6.07. The van der Waals surface area contributed by atoms with Gasteiger partial charge in [-0.05, 0) is 44.4 Å². The molecule has 1 aliphatic carbocycles. The second-order valence-electron chi connectivity index (χ2n) is 7.18. The Morgan fingerprint density at radius 3 is 2.45 bits per heavy atom. The van der Waals surface area contributed by atoms with Crippen molar-refractivity contribution < 1.29 is 14.3 Å². The molecule has 0 bridgehead atoms. The largest absolute Gasteiger partial charge is 0.362 e. The van der Waals surface area contributed by atoms with Crippen LogP contribution in [0.15, 0.2) is 0 Å². The third-order valence-electron chi connectivity index (χ3n) is 5.14. The summed E-state index contributed by atoms with van der Waals surface area (Å²) in [4.78, 5) is 27.6. The molecule has 3 fully saturated rings. The van der Waals surface area contributed by atoms with Gasteiger partial charge in [0.2, 0.25) is 5.91 Å². The lowest BCUT2D eigenvalue weighted by Crippen LogP contribution is -2.50. The maximum absolute atomic E-state index is 12.2. The van der Waals surface area contributed by atoms with E-state index in [0.717, 1.165) is 32.2 Å². The molecule has 1 spiro atoms. The Morgan fingerprint density at radius 1 is 1.18 bits per heavy atom. The van der Waals surface area contributed by atoms with E-state index in [1.165, 1.54) is 12.8 Å². The minimum absolute atomic E-state index is 0.0515. The van der Waals surface area contributed by atoms with Crippen LogP contribution in [0.2, 0.25) is 0 Å². The van der Waals surface area contributed by atoms with Crippen molar-refractivity contribution in [3.63, 3.8) is 0 Å². The SMILES string of the molecule is CN(C)C(=O)N1CCC2(CC[C@H](C(=O)NCC3CC3)O2)CC1. The van der Waals surface area contributed by atoms with E-state index in [4.69, 9.17) is 4.74 Å². The number of piperidine rings is 1. The van der Waals surface area contributed by atoms with Gasteiger partial charge in [0.05, 0.1) is 5.60 Å². The highest BCUT2D eigenvalue weighted by Crippen LogP contribution is 2.39. The number of ether oxygens (including phenoxy) is 1. The van der Waals surface area contributed by atoms with Gasteiger partial charge >= 0.3 is 6.03 Å². The number of carbonyl (C=O) groups excluding carboxylic acids is 2. The molecule has 6 nitrogen and oxygen atoms in total. The van der Waals surface area contributed by atoms with Gasteiger partial charge in [-0.3, -0.25) is 4.79 Å². The van der Waals surface area contributed by atoms with Crippen LogP contribution in [0.4, 0.5) is 4.79 Å². The average molecular weight is 309 g/mol. The number of nitrogens with one attached hydrogen (secondary N) is 1. The van der Waals surface area contributed by atoms with Crippen LogP contribution in [-0.2, 0) is 9.53 Å². The first-order valence-electron chi connectivity index (χ1n) is 8.41. The van der Waals surface area contributed by atoms with Gasteiger partial charge in [-0.25, -0.2) is 4.79 Å². The van der Waals surface area contributed by atoms with E-state index in [2.05, 4.69) is 5.32 Å². The topological polar surface area (TPSA) is 61.9 Å². The number of likely N-dealkylation sites (tertiary alicyclic amines) is 1. The molecule has 2 saturated heterocycles. The molecular formula is C16H27N3O3. The smallest absolute Gasteiger partial charge is 0.319 e. The summed E-state index contributed by atoms with van der Waals surface area (Å²) < 4.78 is 6.13. The summed E-state index contributed by atoms with van der Waals surface area (Å²) in [5, 5.41) is 3.02. The molecule has 6 heteroatoms. The number of hydrogen-bond acceptors (Lipinski definition) is 3. The Hall–Kier alpha value is -1.30. The predicted octanol–water partition coefficient (Wildman–Crippen LogP) is 1.21. The van der Waals surface area contributed by atoms with E-state index < -0.39 is 0 Å². The summed E-state index contributed by atoms with van der Waals surface area (Å²) in [6.07, 6.45) is 5.58. The first-order chi connectivity index (χ1) is 10.5. The van der Waals surface area contributed by atoms with E-state index in [1.54, 1.807) is 19.0 Å². The van der Waals surface area contributed by atoms with Gasteiger partial charge in [0.15, 0.2) is 0 Å². The lowest BCUT2D eigenvalue weighted by molar-refractivity contribution is -0.140. The zero-order chi connectivity index (χ0) is 15.7. The number of nitrogens with zero attached hydrogens (tertiary/aromatic N) is 2. The maximum atomic E-state index is 12.2. The van der Waals surface area contributed by atoms with Crippen LogP contribution in [0.5, 0.6) is 0 Å². The molecule has 0 radical (unpaired) electrons. The average Bonchev–Trinajstić information content (AvgIpc) is 3.26. The van der Waals surface area contributed by atoms with E-state index in [-0.39, 0.29) is 23.6 Å². The van der Waals surface area contributed by atoms with Crippen molar-refractivity contribution in [3.05, 3.63) is 0 Å². The molecular weight excluding hydrogens is 282 g/mol. The standard InChI is InChI=1S/C16H27N3O3/c1-18(2)15(21)19-9-7-16(8-10-19)6-5-13(22-16)14(20)17-11-12-3-4-12/h12-13H,3-11H2,1-2H3,(H,17,20)/t13-/m1/s1. The zero-order valence-corrected chi connectivity index (χ0v) is 13.6. The summed E-state index contributed by atoms with van der Waals surface area (Å²) in [7, 11) is 3.55. The molecule has 3 rings (SSSR count). The summed E-state index contributed by atoms with van der Waals surface area (Å²) in [5.41, 5.74) is -0.190. The van der Waals surface area contributed by atoms with Gasteiger partial charge in [-0.15, -0.1) is 0 Å². The quantitative estimate of drug-likeness (QED) is 0.852. The van der Waals surface area contributed by atoms with E-state index in [9.17, 15) is 9.59 Å². The zero-order valence-electron chi connectivity index (χ0n) is 13.6. The van der Waals surface area contributed by atoms with Crippen molar-refractivity contribution in [3.8, 4) is 0 Å². The van der Waals surface area contributed by atoms with Gasteiger partial charge < -0.3 is 19.9 Å². The molecule has 3 amide bonds. The first-order valence-corrected chi connectivity index (χ1v) is 8.41. The molecule has 124 valence electrons. The Morgan fingerprint density at radius 2 is 1.86 bits per heavy atom. The Balaban J connectivity index is 1.47. The van der Waals surface area contributed by atoms with Crippen LogP contribution in [0.1, 0.15) is 38.5 Å². The Bertz CT molecular complexity index is 440. The van der Waals surface area contributed by atoms with Gasteiger partial charge in [-0.2, -0.15) is 0 Å². The fourth-order valence-corrected chi connectivity index (χ4v) is 3.44. The van der Waals surface area contributed by atoms with E-state index in [0.29, 0.717) is 19.0 Å². The van der Waals surface area contributed by atoms with Crippen LogP contribution in [0.25, 0.3) is 0 Å². The summed E-state index contributed by atoms with van der Waals surface area (Å²) in [5.74, 6) is 0.746. The van der Waals surface area contributed by atoms with E-state index in [1.807, 2.05) is 4.90 Å². The number of rotatable bonds is 3. The Labute approximate surface area is 132 Å². The van der Waals surface area contributed by atoms with E-state index >= 15 is 0 Å². The van der Waals surface area contributed by atoms with Crippen molar-refractivity contribution in [2.45, 2.75) is 50.2 Å². The molecule has 1 N–H and O–H groups in total. The summed E-state index contributed by atoms with van der Waals surface area (Å²) >= 11 is 0. The highest BCUT2D eigenvalue weighted by molar-refractivity contribution is 5.81. The van der Waals surface area contributed by atoms with Gasteiger partial charge in [0.1, 0.15) is 6.10 Å². The summed E-state index contributed by atoms with van der Waals surface area (Å²) in [6, 6.07) is 0.0616. The third kappa shape index (κ3) is 3.37. The van der Waals surface area contributed by atoms with Gasteiger partial charge in [-0.1, -0.05) is 0 Å². The summed E-state index contributed by atoms with van der Waals surface area (Å²) in [6.45, 7) is 2.23. The van der Waals surface area contributed by atoms with Crippen molar-refractivity contribution in [2.24, 2.45) is 5.92 Å². The van der Waals surface area contributed by atoms with Crippen molar-refractivity contribution in [1.82, 2.24) is 15.1 Å². The fourth-order valence-electron chi connectivity index (χ4n) is 3.44. The lowest BCUT2D eigenvalue weighted by atomic mass is 9.88. The molecule has 0 aromatic carbocycles. The maximum Gasteiger partial charge on any atom is 0.319 e. The Kier molecular flexibility index (Phi) is 4.30. The minimum atomic E-state index is -0.296. The highest BCUT2D eigenvalue weighted by Gasteiger charge is 2.45. The number of hydrogen-bond donors (Lipinski definition) is 1. The van der Waals surface area contributed by atoms with Gasteiger partial charge in [0, 0.05) is 33.7 Å². The monoisotopic (exact) mass is 309 g/mol. The molecule has 0 unspecified atom stereocenters. The van der Waals surface area contributed by atoms with Crippen LogP contribution in [0.3, 0.4) is 0 Å². The van der Waals surface area contributed by atoms with Crippen LogP contribution in [-0.4, -0.2) is 67.2 Å². The molecule has 1 saturated carbocycles. The van der Waals surface area contributed by atoms with Crippen molar-refractivity contribution >= 4 is 11.9 Å².